The summed E-state index contributed by atoms with van der Waals surface area (Å²) >= 11 is 0. The molecule has 0 radical (unpaired) electrons. The van der Waals surface area contributed by atoms with Crippen molar-refractivity contribution in [2.75, 3.05) is 27.9 Å². The van der Waals surface area contributed by atoms with Gasteiger partial charge in [0, 0.05) is 17.2 Å². The quantitative estimate of drug-likeness (QED) is 0.274. The van der Waals surface area contributed by atoms with Gasteiger partial charge in [-0.15, -0.1) is 0 Å². The van der Waals surface area contributed by atoms with Gasteiger partial charge in [-0.25, -0.2) is 4.79 Å². The van der Waals surface area contributed by atoms with Crippen LogP contribution in [0, 0.1) is 0 Å². The summed E-state index contributed by atoms with van der Waals surface area (Å²) in [5.41, 5.74) is 2.97. The molecule has 3 aromatic rings. The van der Waals surface area contributed by atoms with Crippen molar-refractivity contribution in [3.8, 4) is 28.4 Å². The average molecular weight is 564 g/mol. The van der Waals surface area contributed by atoms with E-state index in [0.29, 0.717) is 37.1 Å². The summed E-state index contributed by atoms with van der Waals surface area (Å²) in [6.45, 7) is 10.4. The second-order valence-corrected chi connectivity index (χ2v) is 11.4. The molecule has 220 valence electrons. The Morgan fingerprint density at radius 1 is 0.927 bits per heavy atom. The molecule has 1 heterocycles. The minimum absolute atomic E-state index is 0.314. The maximum absolute atomic E-state index is 13.3. The number of carbonyl (C=O) groups excluding carboxylic acids is 1. The Bertz CT molecular complexity index is 1350. The van der Waals surface area contributed by atoms with Gasteiger partial charge in [0.1, 0.15) is 28.6 Å². The van der Waals surface area contributed by atoms with E-state index in [2.05, 4.69) is 0 Å². The van der Waals surface area contributed by atoms with Crippen LogP contribution in [-0.2, 0) is 27.4 Å². The van der Waals surface area contributed by atoms with Crippen LogP contribution in [0.2, 0.25) is 0 Å². The van der Waals surface area contributed by atoms with Crippen LogP contribution < -0.4 is 14.2 Å². The summed E-state index contributed by atoms with van der Waals surface area (Å²) in [5, 5.41) is 0. The lowest BCUT2D eigenvalue weighted by molar-refractivity contribution is -0.0626. The minimum atomic E-state index is -0.846. The first kappa shape index (κ1) is 30.2. The molecular formula is C33H41NO7. The molecule has 1 aliphatic rings. The van der Waals surface area contributed by atoms with Crippen LogP contribution in [0.15, 0.2) is 60.7 Å². The van der Waals surface area contributed by atoms with Crippen LogP contribution in [0.4, 0.5) is 4.79 Å². The molecule has 41 heavy (non-hydrogen) atoms. The summed E-state index contributed by atoms with van der Waals surface area (Å²) in [6, 6.07) is 19.3. The van der Waals surface area contributed by atoms with E-state index in [4.69, 9.17) is 28.4 Å². The van der Waals surface area contributed by atoms with Gasteiger partial charge in [0.05, 0.1) is 47.2 Å². The van der Waals surface area contributed by atoms with Crippen molar-refractivity contribution in [1.82, 2.24) is 4.90 Å². The third-order valence-electron chi connectivity index (χ3n) is 6.94. The summed E-state index contributed by atoms with van der Waals surface area (Å²) in [7, 11) is 4.88. The molecular weight excluding hydrogens is 522 g/mol. The van der Waals surface area contributed by atoms with Gasteiger partial charge in [-0.1, -0.05) is 36.4 Å². The molecule has 1 atom stereocenters. The van der Waals surface area contributed by atoms with Crippen molar-refractivity contribution in [3.05, 3.63) is 77.4 Å². The maximum Gasteiger partial charge on any atom is 0.413 e. The van der Waals surface area contributed by atoms with E-state index in [9.17, 15) is 4.79 Å². The summed E-state index contributed by atoms with van der Waals surface area (Å²) in [4.78, 5) is 15.0. The SMILES string of the molecule is COc1cc(COCc2ccccc2)c(-c2cc([C@@H]3COC(C)(C)N3C(=O)OC(C)(C)C)ccc2OC)c(OC)c1. The lowest BCUT2D eigenvalue weighted by Crippen LogP contribution is -2.47. The third-order valence-corrected chi connectivity index (χ3v) is 6.94. The number of hydrogen-bond acceptors (Lipinski definition) is 7. The van der Waals surface area contributed by atoms with E-state index < -0.39 is 17.4 Å². The van der Waals surface area contributed by atoms with Crippen LogP contribution in [0.1, 0.15) is 57.4 Å². The molecule has 3 aromatic carbocycles. The Labute approximate surface area is 243 Å². The van der Waals surface area contributed by atoms with Gasteiger partial charge in [-0.3, -0.25) is 4.90 Å². The summed E-state index contributed by atoms with van der Waals surface area (Å²) < 4.78 is 35.3. The number of amides is 1. The van der Waals surface area contributed by atoms with Gasteiger partial charge in [-0.2, -0.15) is 0 Å². The predicted octanol–water partition coefficient (Wildman–Crippen LogP) is 7.14. The normalized spacial score (nSPS) is 16.4. The second-order valence-electron chi connectivity index (χ2n) is 11.4. The molecule has 1 aliphatic heterocycles. The van der Waals surface area contributed by atoms with Gasteiger partial charge in [0.25, 0.3) is 0 Å². The first-order valence-electron chi connectivity index (χ1n) is 13.7. The number of rotatable bonds is 9. The number of ether oxygens (including phenoxy) is 6. The Kier molecular flexibility index (Phi) is 9.14. The van der Waals surface area contributed by atoms with E-state index in [0.717, 1.165) is 27.8 Å². The Morgan fingerprint density at radius 3 is 2.27 bits per heavy atom. The highest BCUT2D eigenvalue weighted by Gasteiger charge is 2.46. The smallest absolute Gasteiger partial charge is 0.413 e. The summed E-state index contributed by atoms with van der Waals surface area (Å²) in [5.74, 6) is 1.93. The molecule has 1 amide bonds. The molecule has 8 heteroatoms. The first-order chi connectivity index (χ1) is 19.5. The van der Waals surface area contributed by atoms with Crippen molar-refractivity contribution >= 4 is 6.09 Å². The predicted molar refractivity (Wildman–Crippen MR) is 157 cm³/mol. The second kappa shape index (κ2) is 12.4. The van der Waals surface area contributed by atoms with Crippen molar-refractivity contribution in [1.29, 1.82) is 0 Å². The Balaban J connectivity index is 1.77. The fourth-order valence-electron chi connectivity index (χ4n) is 5.03. The average Bonchev–Trinajstić information content (AvgIpc) is 3.26. The molecule has 0 bridgehead atoms. The fraction of sp³-hybridized carbons (Fsp3) is 0.424. The van der Waals surface area contributed by atoms with Gasteiger partial charge < -0.3 is 28.4 Å². The lowest BCUT2D eigenvalue weighted by atomic mass is 9.93. The van der Waals surface area contributed by atoms with E-state index in [1.807, 2.05) is 95.3 Å². The maximum atomic E-state index is 13.3. The first-order valence-corrected chi connectivity index (χ1v) is 13.7. The Morgan fingerprint density at radius 2 is 1.63 bits per heavy atom. The van der Waals surface area contributed by atoms with E-state index in [-0.39, 0.29) is 6.04 Å². The summed E-state index contributed by atoms with van der Waals surface area (Å²) in [6.07, 6.45) is -0.431. The molecule has 1 saturated heterocycles. The van der Waals surface area contributed by atoms with Gasteiger partial charge in [0.15, 0.2) is 0 Å². The molecule has 0 unspecified atom stereocenters. The van der Waals surface area contributed by atoms with Crippen molar-refractivity contribution in [2.45, 2.75) is 65.2 Å². The zero-order valence-corrected chi connectivity index (χ0v) is 25.3. The van der Waals surface area contributed by atoms with Crippen LogP contribution >= 0.6 is 0 Å². The monoisotopic (exact) mass is 563 g/mol. The largest absolute Gasteiger partial charge is 0.497 e. The van der Waals surface area contributed by atoms with Crippen molar-refractivity contribution < 1.29 is 33.2 Å². The van der Waals surface area contributed by atoms with Gasteiger partial charge >= 0.3 is 6.09 Å². The number of methoxy groups -OCH3 is 3. The molecule has 4 rings (SSSR count). The van der Waals surface area contributed by atoms with Gasteiger partial charge in [0.2, 0.25) is 0 Å². The number of nitrogens with zero attached hydrogens (tertiary/aromatic N) is 1. The zero-order chi connectivity index (χ0) is 29.8. The highest BCUT2D eigenvalue weighted by molar-refractivity contribution is 5.80. The zero-order valence-electron chi connectivity index (χ0n) is 25.3. The van der Waals surface area contributed by atoms with Crippen LogP contribution in [0.5, 0.6) is 17.2 Å². The van der Waals surface area contributed by atoms with Crippen molar-refractivity contribution in [3.63, 3.8) is 0 Å². The third kappa shape index (κ3) is 6.94. The lowest BCUT2D eigenvalue weighted by Gasteiger charge is -2.35. The van der Waals surface area contributed by atoms with Crippen molar-refractivity contribution in [2.24, 2.45) is 0 Å². The molecule has 0 aliphatic carbocycles. The van der Waals surface area contributed by atoms with E-state index in [1.165, 1.54) is 0 Å². The molecule has 0 spiro atoms. The van der Waals surface area contributed by atoms with Crippen LogP contribution in [0.3, 0.4) is 0 Å². The Hall–Kier alpha value is -3.75. The number of hydrogen-bond donors (Lipinski definition) is 0. The molecule has 8 nitrogen and oxygen atoms in total. The highest BCUT2D eigenvalue weighted by Crippen LogP contribution is 2.45. The van der Waals surface area contributed by atoms with Crippen LogP contribution in [-0.4, -0.2) is 50.3 Å². The molecule has 0 aromatic heterocycles. The number of carbonyl (C=O) groups is 1. The number of benzene rings is 3. The molecule has 0 N–H and O–H groups in total. The highest BCUT2D eigenvalue weighted by atomic mass is 16.6. The topological polar surface area (TPSA) is 75.7 Å². The van der Waals surface area contributed by atoms with E-state index in [1.54, 1.807) is 26.2 Å². The minimum Gasteiger partial charge on any atom is -0.497 e. The fourth-order valence-corrected chi connectivity index (χ4v) is 5.03. The molecule has 0 saturated carbocycles. The molecule has 1 fully saturated rings. The van der Waals surface area contributed by atoms with Crippen LogP contribution in [0.25, 0.3) is 11.1 Å². The standard InChI is InChI=1S/C33H41NO7/c1-32(2,3)41-31(35)34-27(21-40-33(34,4)5)23-14-15-28(37-7)26(17-23)30-24(16-25(36-6)18-29(30)38-8)20-39-19-22-12-10-9-11-13-22/h9-18,27H,19-21H2,1-8H3/t27-/m0/s1. The van der Waals surface area contributed by atoms with E-state index >= 15 is 0 Å². The van der Waals surface area contributed by atoms with Gasteiger partial charge in [-0.05, 0) is 69.5 Å².